The molecular formula is C17H24N2O3. The summed E-state index contributed by atoms with van der Waals surface area (Å²) in [6.45, 7) is 5.46. The number of hydrogen-bond donors (Lipinski definition) is 0. The van der Waals surface area contributed by atoms with Crippen LogP contribution >= 0.6 is 0 Å². The highest BCUT2D eigenvalue weighted by atomic mass is 16.5. The minimum atomic E-state index is -0.271. The van der Waals surface area contributed by atoms with Gasteiger partial charge in [-0.1, -0.05) is 18.2 Å². The summed E-state index contributed by atoms with van der Waals surface area (Å²) >= 11 is 0. The van der Waals surface area contributed by atoms with Gasteiger partial charge in [0.05, 0.1) is 18.6 Å². The number of amides is 2. The van der Waals surface area contributed by atoms with E-state index in [4.69, 9.17) is 4.74 Å². The van der Waals surface area contributed by atoms with Crippen molar-refractivity contribution in [1.82, 2.24) is 4.90 Å². The molecule has 1 aromatic carbocycles. The summed E-state index contributed by atoms with van der Waals surface area (Å²) in [6, 6.07) is 9.60. The molecule has 22 heavy (non-hydrogen) atoms. The van der Waals surface area contributed by atoms with E-state index in [1.165, 1.54) is 0 Å². The van der Waals surface area contributed by atoms with Crippen LogP contribution in [0, 0.1) is 5.92 Å². The van der Waals surface area contributed by atoms with Gasteiger partial charge in [-0.15, -0.1) is 0 Å². The predicted octanol–water partition coefficient (Wildman–Crippen LogP) is 1.92. The van der Waals surface area contributed by atoms with Gasteiger partial charge in [-0.3, -0.25) is 9.59 Å². The van der Waals surface area contributed by atoms with Gasteiger partial charge in [0.1, 0.15) is 0 Å². The molecule has 1 aromatic rings. The van der Waals surface area contributed by atoms with E-state index in [9.17, 15) is 9.59 Å². The van der Waals surface area contributed by atoms with Crippen LogP contribution in [-0.2, 0) is 14.3 Å². The van der Waals surface area contributed by atoms with Crippen molar-refractivity contribution in [2.24, 2.45) is 5.92 Å². The zero-order valence-electron chi connectivity index (χ0n) is 13.5. The number of carbonyl (C=O) groups is 2. The van der Waals surface area contributed by atoms with Gasteiger partial charge in [0.2, 0.25) is 11.8 Å². The molecule has 1 aliphatic heterocycles. The molecule has 0 bridgehead atoms. The summed E-state index contributed by atoms with van der Waals surface area (Å²) in [7, 11) is 1.62. The van der Waals surface area contributed by atoms with E-state index in [2.05, 4.69) is 0 Å². The van der Waals surface area contributed by atoms with Crippen LogP contribution in [0.2, 0.25) is 0 Å². The molecule has 5 heteroatoms. The van der Waals surface area contributed by atoms with E-state index in [0.717, 1.165) is 5.69 Å². The van der Waals surface area contributed by atoms with Crippen LogP contribution in [0.5, 0.6) is 0 Å². The molecule has 0 unspecified atom stereocenters. The Balaban J connectivity index is 2.08. The van der Waals surface area contributed by atoms with E-state index in [0.29, 0.717) is 19.7 Å². The fourth-order valence-corrected chi connectivity index (χ4v) is 2.95. The molecule has 0 N–H and O–H groups in total. The Bertz CT molecular complexity index is 518. The summed E-state index contributed by atoms with van der Waals surface area (Å²) in [5, 5.41) is 0. The third-order valence-electron chi connectivity index (χ3n) is 4.10. The van der Waals surface area contributed by atoms with Crippen molar-refractivity contribution in [3.05, 3.63) is 30.3 Å². The Labute approximate surface area is 131 Å². The molecule has 5 nitrogen and oxygen atoms in total. The second-order valence-corrected chi connectivity index (χ2v) is 5.67. The SMILES string of the molecule is CCN(C(=O)[C@@H]1CC(=O)N([C@H](C)COC)C1)c1ccccc1. The Kier molecular flexibility index (Phi) is 5.55. The van der Waals surface area contributed by atoms with Crippen LogP contribution in [0.15, 0.2) is 30.3 Å². The molecule has 0 radical (unpaired) electrons. The Morgan fingerprint density at radius 2 is 2.09 bits per heavy atom. The van der Waals surface area contributed by atoms with E-state index in [-0.39, 0.29) is 30.2 Å². The molecule has 0 spiro atoms. The molecule has 0 saturated carbocycles. The number of carbonyl (C=O) groups excluding carboxylic acids is 2. The lowest BCUT2D eigenvalue weighted by molar-refractivity contribution is -0.130. The summed E-state index contributed by atoms with van der Waals surface area (Å²) < 4.78 is 5.11. The van der Waals surface area contributed by atoms with Crippen LogP contribution in [0.25, 0.3) is 0 Å². The minimum Gasteiger partial charge on any atom is -0.383 e. The summed E-state index contributed by atoms with van der Waals surface area (Å²) in [5.41, 5.74) is 0.880. The average Bonchev–Trinajstić information content (AvgIpc) is 2.91. The van der Waals surface area contributed by atoms with Gasteiger partial charge in [-0.25, -0.2) is 0 Å². The van der Waals surface area contributed by atoms with Crippen molar-refractivity contribution in [2.75, 3.05) is 31.7 Å². The molecule has 1 aliphatic rings. The molecular weight excluding hydrogens is 280 g/mol. The van der Waals surface area contributed by atoms with Crippen LogP contribution in [0.4, 0.5) is 5.69 Å². The first-order valence-electron chi connectivity index (χ1n) is 7.73. The topological polar surface area (TPSA) is 49.9 Å². The molecule has 0 aromatic heterocycles. The standard InChI is InChI=1S/C17H24N2O3/c1-4-18(15-8-6-5-7-9-15)17(21)14-10-16(20)19(11-14)13(2)12-22-3/h5-9,13-14H,4,10-12H2,1-3H3/t13-,14-/m1/s1. The van der Waals surface area contributed by atoms with E-state index >= 15 is 0 Å². The molecule has 120 valence electrons. The monoisotopic (exact) mass is 304 g/mol. The molecule has 1 heterocycles. The second kappa shape index (κ2) is 7.40. The van der Waals surface area contributed by atoms with Gasteiger partial charge >= 0.3 is 0 Å². The normalized spacial score (nSPS) is 19.3. The van der Waals surface area contributed by atoms with Crippen LogP contribution in [-0.4, -0.2) is 49.6 Å². The molecule has 2 amide bonds. The quantitative estimate of drug-likeness (QED) is 0.807. The van der Waals surface area contributed by atoms with Crippen molar-refractivity contribution in [2.45, 2.75) is 26.3 Å². The first-order valence-corrected chi connectivity index (χ1v) is 7.73. The second-order valence-electron chi connectivity index (χ2n) is 5.67. The summed E-state index contributed by atoms with van der Waals surface area (Å²) in [6.07, 6.45) is 0.288. The van der Waals surface area contributed by atoms with Crippen molar-refractivity contribution in [1.29, 1.82) is 0 Å². The maximum atomic E-state index is 12.8. The number of rotatable bonds is 6. The Hall–Kier alpha value is -1.88. The number of benzene rings is 1. The number of ether oxygens (including phenoxy) is 1. The first kappa shape index (κ1) is 16.5. The van der Waals surface area contributed by atoms with E-state index < -0.39 is 0 Å². The predicted molar refractivity (Wildman–Crippen MR) is 85.6 cm³/mol. The molecule has 0 aliphatic carbocycles. The Morgan fingerprint density at radius 1 is 1.41 bits per heavy atom. The van der Waals surface area contributed by atoms with Crippen LogP contribution < -0.4 is 4.90 Å². The highest BCUT2D eigenvalue weighted by Crippen LogP contribution is 2.25. The van der Waals surface area contributed by atoms with Crippen LogP contribution in [0.3, 0.4) is 0 Å². The van der Waals surface area contributed by atoms with Gasteiger partial charge in [0.25, 0.3) is 0 Å². The van der Waals surface area contributed by atoms with Crippen molar-refractivity contribution < 1.29 is 14.3 Å². The largest absolute Gasteiger partial charge is 0.383 e. The molecule has 1 fully saturated rings. The lowest BCUT2D eigenvalue weighted by Gasteiger charge is -2.26. The van der Waals surface area contributed by atoms with E-state index in [1.807, 2.05) is 44.2 Å². The smallest absolute Gasteiger partial charge is 0.232 e. The highest BCUT2D eigenvalue weighted by Gasteiger charge is 2.38. The third-order valence-corrected chi connectivity index (χ3v) is 4.10. The number of methoxy groups -OCH3 is 1. The number of hydrogen-bond acceptors (Lipinski definition) is 3. The van der Waals surface area contributed by atoms with Crippen molar-refractivity contribution in [3.63, 3.8) is 0 Å². The molecule has 1 saturated heterocycles. The van der Waals surface area contributed by atoms with Gasteiger partial charge in [0, 0.05) is 32.3 Å². The maximum absolute atomic E-state index is 12.8. The fraction of sp³-hybridized carbons (Fsp3) is 0.529. The molecule has 2 rings (SSSR count). The number of anilines is 1. The lowest BCUT2D eigenvalue weighted by Crippen LogP contribution is -2.40. The first-order chi connectivity index (χ1) is 10.6. The molecule has 2 atom stereocenters. The lowest BCUT2D eigenvalue weighted by atomic mass is 10.1. The number of likely N-dealkylation sites (tertiary alicyclic amines) is 1. The zero-order chi connectivity index (χ0) is 16.1. The van der Waals surface area contributed by atoms with Crippen LogP contribution in [0.1, 0.15) is 20.3 Å². The average molecular weight is 304 g/mol. The van der Waals surface area contributed by atoms with Gasteiger partial charge in [0.15, 0.2) is 0 Å². The number of para-hydroxylation sites is 1. The zero-order valence-corrected chi connectivity index (χ0v) is 13.5. The summed E-state index contributed by atoms with van der Waals surface area (Å²) in [5.74, 6) is -0.215. The third kappa shape index (κ3) is 3.47. The number of nitrogens with zero attached hydrogens (tertiary/aromatic N) is 2. The Morgan fingerprint density at radius 3 is 2.68 bits per heavy atom. The maximum Gasteiger partial charge on any atom is 0.232 e. The minimum absolute atomic E-state index is 0.00195. The van der Waals surface area contributed by atoms with Crippen molar-refractivity contribution in [3.8, 4) is 0 Å². The van der Waals surface area contributed by atoms with E-state index in [1.54, 1.807) is 16.9 Å². The fourth-order valence-electron chi connectivity index (χ4n) is 2.95. The van der Waals surface area contributed by atoms with Crippen molar-refractivity contribution >= 4 is 17.5 Å². The van der Waals surface area contributed by atoms with Gasteiger partial charge < -0.3 is 14.5 Å². The highest BCUT2D eigenvalue weighted by molar-refractivity contribution is 5.99. The van der Waals surface area contributed by atoms with Gasteiger partial charge in [-0.05, 0) is 26.0 Å². The summed E-state index contributed by atoms with van der Waals surface area (Å²) in [4.78, 5) is 28.4. The van der Waals surface area contributed by atoms with Gasteiger partial charge in [-0.2, -0.15) is 0 Å².